The summed E-state index contributed by atoms with van der Waals surface area (Å²) >= 11 is 0. The highest BCUT2D eigenvalue weighted by Crippen LogP contribution is 2.79. The van der Waals surface area contributed by atoms with E-state index in [0.29, 0.717) is 12.3 Å². The molecule has 13 unspecified atom stereocenters. The average molecular weight is 495 g/mol. The molecule has 0 radical (unpaired) electrons. The number of carbonyl (C=O) groups excluding carboxylic acids is 2. The first kappa shape index (κ1) is 22.3. The van der Waals surface area contributed by atoms with E-state index >= 15 is 0 Å². The third kappa shape index (κ3) is 2.12. The van der Waals surface area contributed by atoms with Crippen molar-refractivity contribution < 1.29 is 28.9 Å². The van der Waals surface area contributed by atoms with Crippen LogP contribution in [0.1, 0.15) is 72.6 Å². The van der Waals surface area contributed by atoms with Gasteiger partial charge in [-0.2, -0.15) is 0 Å². The number of esters is 2. The van der Waals surface area contributed by atoms with Crippen molar-refractivity contribution in [1.82, 2.24) is 0 Å². The van der Waals surface area contributed by atoms with E-state index in [1.165, 1.54) is 11.1 Å². The van der Waals surface area contributed by atoms with Gasteiger partial charge in [-0.1, -0.05) is 24.6 Å². The van der Waals surface area contributed by atoms with Gasteiger partial charge in [-0.25, -0.2) is 0 Å². The highest BCUT2D eigenvalue weighted by molar-refractivity contribution is 5.85. The molecule has 0 amide bonds. The number of carbonyl (C=O) groups is 2. The minimum atomic E-state index is -1.08. The number of fused-ring (bicyclic) bond motifs is 9. The van der Waals surface area contributed by atoms with Crippen LogP contribution < -0.4 is 0 Å². The van der Waals surface area contributed by atoms with Gasteiger partial charge in [0.1, 0.15) is 12.2 Å². The Hall–Kier alpha value is -1.66. The molecule has 13 atom stereocenters. The second kappa shape index (κ2) is 6.31. The maximum Gasteiger partial charge on any atom is 0.313 e. The van der Waals surface area contributed by atoms with Gasteiger partial charge in [0.25, 0.3) is 0 Å². The van der Waals surface area contributed by atoms with Crippen LogP contribution in [0.5, 0.6) is 0 Å². The van der Waals surface area contributed by atoms with Crippen molar-refractivity contribution in [3.05, 3.63) is 23.3 Å². The van der Waals surface area contributed by atoms with Crippen LogP contribution in [0.25, 0.3) is 0 Å². The van der Waals surface area contributed by atoms with Gasteiger partial charge >= 0.3 is 11.9 Å². The zero-order valence-electron chi connectivity index (χ0n) is 21.8. The van der Waals surface area contributed by atoms with E-state index in [0.717, 1.165) is 44.1 Å². The van der Waals surface area contributed by atoms with Gasteiger partial charge in [0.05, 0.1) is 28.6 Å². The van der Waals surface area contributed by atoms with Crippen molar-refractivity contribution in [2.75, 3.05) is 0 Å². The topological polar surface area (TPSA) is 85.4 Å². The largest absolute Gasteiger partial charge is 0.461 e. The quantitative estimate of drug-likeness (QED) is 0.310. The first-order valence-corrected chi connectivity index (χ1v) is 14.2. The lowest BCUT2D eigenvalue weighted by molar-refractivity contribution is -0.169. The molecule has 4 saturated carbocycles. The summed E-state index contributed by atoms with van der Waals surface area (Å²) in [6, 6.07) is 0. The molecule has 8 aliphatic rings. The smallest absolute Gasteiger partial charge is 0.313 e. The van der Waals surface area contributed by atoms with Gasteiger partial charge in [-0.05, 0) is 83.1 Å². The summed E-state index contributed by atoms with van der Waals surface area (Å²) < 4.78 is 18.8. The normalized spacial score (nSPS) is 60.1. The molecule has 8 rings (SSSR count). The first-order valence-electron chi connectivity index (χ1n) is 14.2. The molecule has 2 spiro atoms. The van der Waals surface area contributed by atoms with Crippen LogP contribution in [-0.2, 0) is 23.8 Å². The Bertz CT molecular complexity index is 1170. The molecule has 0 aromatic heterocycles. The van der Waals surface area contributed by atoms with Gasteiger partial charge in [0, 0.05) is 23.2 Å². The summed E-state index contributed by atoms with van der Waals surface area (Å²) in [6.07, 6.45) is 5.15. The predicted octanol–water partition coefficient (Wildman–Crippen LogP) is 4.11. The van der Waals surface area contributed by atoms with Crippen molar-refractivity contribution in [3.8, 4) is 0 Å². The van der Waals surface area contributed by atoms with E-state index in [2.05, 4.69) is 20.4 Å². The third-order valence-corrected chi connectivity index (χ3v) is 13.0. The Kier molecular flexibility index (Phi) is 3.91. The van der Waals surface area contributed by atoms with Crippen LogP contribution in [0, 0.1) is 46.3 Å². The maximum atomic E-state index is 14.4. The van der Waals surface area contributed by atoms with Crippen LogP contribution in [0.2, 0.25) is 0 Å². The monoisotopic (exact) mass is 494 g/mol. The van der Waals surface area contributed by atoms with Gasteiger partial charge in [-0.3, -0.25) is 9.59 Å². The molecule has 194 valence electrons. The third-order valence-electron chi connectivity index (χ3n) is 13.0. The number of allylic oxidation sites excluding steroid dienone is 2. The molecule has 36 heavy (non-hydrogen) atoms. The molecule has 2 bridgehead atoms. The maximum absolute atomic E-state index is 14.4. The average Bonchev–Trinajstić information content (AvgIpc) is 3.11. The standard InChI is InChI=1S/C30H38O6/c1-13-6-7-19-24(22-18(13)10-20-28(22,5)36-20)35-26(32)29(19)11-16-12-30(29)21(14(16)2)23-17(8-9-27(30,4)33)15(3)25(31)34-23/h15-20,22-24,33H,1,6-12H2,2-5H3. The first-order chi connectivity index (χ1) is 17.0. The molecule has 6 heteroatoms. The molecular weight excluding hydrogens is 456 g/mol. The van der Waals surface area contributed by atoms with Gasteiger partial charge in [-0.15, -0.1) is 0 Å². The minimum absolute atomic E-state index is 0.00202. The van der Waals surface area contributed by atoms with Crippen molar-refractivity contribution in [3.63, 3.8) is 0 Å². The molecule has 3 aliphatic heterocycles. The highest BCUT2D eigenvalue weighted by Gasteiger charge is 2.83. The van der Waals surface area contributed by atoms with E-state index in [9.17, 15) is 14.7 Å². The highest BCUT2D eigenvalue weighted by atomic mass is 16.6. The SMILES string of the molecule is C=C1CCC2C(OC(=O)C23CC2CC34C(=C2C)C2OC(=O)C(C)C2CCC4(C)O)C2C1CC1OC12C. The van der Waals surface area contributed by atoms with Crippen molar-refractivity contribution in [2.24, 2.45) is 46.3 Å². The number of ether oxygens (including phenoxy) is 3. The molecule has 3 saturated heterocycles. The predicted molar refractivity (Wildman–Crippen MR) is 129 cm³/mol. The van der Waals surface area contributed by atoms with E-state index < -0.39 is 16.4 Å². The van der Waals surface area contributed by atoms with Gasteiger partial charge < -0.3 is 19.3 Å². The Labute approximate surface area is 212 Å². The van der Waals surface area contributed by atoms with Crippen molar-refractivity contribution in [2.45, 2.75) is 102 Å². The second-order valence-corrected chi connectivity index (χ2v) is 14.0. The minimum Gasteiger partial charge on any atom is -0.461 e. The van der Waals surface area contributed by atoms with E-state index in [4.69, 9.17) is 14.2 Å². The van der Waals surface area contributed by atoms with Gasteiger partial charge in [0.15, 0.2) is 0 Å². The van der Waals surface area contributed by atoms with E-state index in [-0.39, 0.29) is 65.4 Å². The van der Waals surface area contributed by atoms with Gasteiger partial charge in [0.2, 0.25) is 0 Å². The summed E-state index contributed by atoms with van der Waals surface area (Å²) in [4.78, 5) is 27.2. The summed E-state index contributed by atoms with van der Waals surface area (Å²) in [5, 5.41) is 12.5. The molecule has 0 aromatic carbocycles. The zero-order valence-corrected chi connectivity index (χ0v) is 21.8. The Morgan fingerprint density at radius 3 is 2.67 bits per heavy atom. The summed E-state index contributed by atoms with van der Waals surface area (Å²) in [6.45, 7) is 12.8. The fourth-order valence-corrected chi connectivity index (χ4v) is 11.3. The van der Waals surface area contributed by atoms with Crippen LogP contribution in [-0.4, -0.2) is 46.6 Å². The molecule has 6 nitrogen and oxygen atoms in total. The Balaban J connectivity index is 1.33. The Morgan fingerprint density at radius 2 is 1.89 bits per heavy atom. The lowest BCUT2D eigenvalue weighted by Crippen LogP contribution is -2.60. The lowest BCUT2D eigenvalue weighted by atomic mass is 9.48. The molecule has 0 aromatic rings. The number of hydrogen-bond acceptors (Lipinski definition) is 6. The second-order valence-electron chi connectivity index (χ2n) is 14.0. The van der Waals surface area contributed by atoms with Crippen LogP contribution in [0.4, 0.5) is 0 Å². The van der Waals surface area contributed by atoms with Crippen LogP contribution in [0.3, 0.4) is 0 Å². The van der Waals surface area contributed by atoms with Crippen molar-refractivity contribution in [1.29, 1.82) is 0 Å². The summed E-state index contributed by atoms with van der Waals surface area (Å²) in [5.74, 6) is 0.252. The lowest BCUT2D eigenvalue weighted by Gasteiger charge is -2.54. The number of aliphatic hydroxyl groups is 1. The zero-order chi connectivity index (χ0) is 25.2. The fourth-order valence-electron chi connectivity index (χ4n) is 11.3. The number of epoxide rings is 1. The van der Waals surface area contributed by atoms with Crippen LogP contribution >= 0.6 is 0 Å². The van der Waals surface area contributed by atoms with Crippen LogP contribution in [0.15, 0.2) is 23.3 Å². The van der Waals surface area contributed by atoms with E-state index in [1.54, 1.807) is 0 Å². The molecule has 5 aliphatic carbocycles. The molecule has 3 heterocycles. The molecule has 1 N–H and O–H groups in total. The number of rotatable bonds is 0. The molecule has 7 fully saturated rings. The summed E-state index contributed by atoms with van der Waals surface area (Å²) in [7, 11) is 0. The molecular formula is C30H38O6. The Morgan fingerprint density at radius 1 is 1.11 bits per heavy atom. The number of hydrogen-bond donors (Lipinski definition) is 1. The summed E-state index contributed by atoms with van der Waals surface area (Å²) in [5.41, 5.74) is 0.691. The fraction of sp³-hybridized carbons (Fsp3) is 0.800. The van der Waals surface area contributed by atoms with E-state index in [1.807, 2.05) is 13.8 Å². The van der Waals surface area contributed by atoms with Crippen molar-refractivity contribution >= 4 is 11.9 Å².